The maximum Gasteiger partial charge on any atom is 0.328 e. The fourth-order valence-corrected chi connectivity index (χ4v) is 2.48. The number of hydrogen-bond acceptors (Lipinski definition) is 2. The summed E-state index contributed by atoms with van der Waals surface area (Å²) in [6.07, 6.45) is 7.70. The number of hydrogen-bond donors (Lipinski definition) is 2. The summed E-state index contributed by atoms with van der Waals surface area (Å²) in [5.74, 6) is -0.802. The lowest BCUT2D eigenvalue weighted by atomic mass is 9.85. The topological polar surface area (TPSA) is 73.4 Å². The number of nitrogens with zero attached hydrogens (tertiary/aromatic N) is 1. The van der Waals surface area contributed by atoms with E-state index in [4.69, 9.17) is 5.11 Å². The largest absolute Gasteiger partial charge is 0.478 e. The second-order valence-corrected chi connectivity index (χ2v) is 4.88. The highest BCUT2D eigenvalue weighted by atomic mass is 16.4. The zero-order valence-electron chi connectivity index (χ0n) is 10.9. The van der Waals surface area contributed by atoms with E-state index >= 15 is 0 Å². The van der Waals surface area contributed by atoms with Crippen molar-refractivity contribution in [2.24, 2.45) is 5.92 Å². The molecule has 1 aliphatic rings. The molecule has 19 heavy (non-hydrogen) atoms. The van der Waals surface area contributed by atoms with Crippen molar-refractivity contribution >= 4 is 17.6 Å². The fraction of sp³-hybridized carbons (Fsp3) is 0.429. The Morgan fingerprint density at radius 1 is 1.42 bits per heavy atom. The first-order valence-electron chi connectivity index (χ1n) is 6.40. The molecule has 5 nitrogen and oxygen atoms in total. The molecule has 1 aliphatic carbocycles. The molecule has 0 unspecified atom stereocenters. The van der Waals surface area contributed by atoms with Crippen LogP contribution in [0, 0.1) is 5.92 Å². The molecule has 102 valence electrons. The number of aliphatic carboxylic acids is 1. The molecule has 0 saturated heterocycles. The number of carbonyl (C=O) groups is 2. The van der Waals surface area contributed by atoms with Crippen LogP contribution in [0.15, 0.2) is 30.1 Å². The number of amides is 1. The molecule has 1 aromatic heterocycles. The SMILES string of the molecule is CN(C(=O)C1CCC(=CC(=O)O)CC1)c1cc[nH]c1. The van der Waals surface area contributed by atoms with Crippen molar-refractivity contribution in [1.82, 2.24) is 4.98 Å². The lowest BCUT2D eigenvalue weighted by Gasteiger charge is -2.27. The highest BCUT2D eigenvalue weighted by molar-refractivity contribution is 5.94. The monoisotopic (exact) mass is 262 g/mol. The molecule has 0 bridgehead atoms. The van der Waals surface area contributed by atoms with Gasteiger partial charge in [0.05, 0.1) is 5.69 Å². The van der Waals surface area contributed by atoms with Crippen molar-refractivity contribution in [3.63, 3.8) is 0 Å². The van der Waals surface area contributed by atoms with Gasteiger partial charge in [-0.05, 0) is 31.7 Å². The van der Waals surface area contributed by atoms with Gasteiger partial charge in [-0.15, -0.1) is 0 Å². The van der Waals surface area contributed by atoms with E-state index in [0.29, 0.717) is 12.8 Å². The van der Waals surface area contributed by atoms with Crippen LogP contribution in [0.5, 0.6) is 0 Å². The maximum atomic E-state index is 12.3. The lowest BCUT2D eigenvalue weighted by Crippen LogP contribution is -2.34. The molecule has 0 aliphatic heterocycles. The summed E-state index contributed by atoms with van der Waals surface area (Å²) < 4.78 is 0. The van der Waals surface area contributed by atoms with E-state index in [-0.39, 0.29) is 11.8 Å². The zero-order valence-corrected chi connectivity index (χ0v) is 10.9. The Kier molecular flexibility index (Phi) is 4.04. The summed E-state index contributed by atoms with van der Waals surface area (Å²) in [6, 6.07) is 1.86. The van der Waals surface area contributed by atoms with Gasteiger partial charge in [0.2, 0.25) is 5.91 Å². The van der Waals surface area contributed by atoms with Gasteiger partial charge in [-0.25, -0.2) is 4.79 Å². The third kappa shape index (κ3) is 3.24. The minimum Gasteiger partial charge on any atom is -0.478 e. The molecule has 1 aromatic rings. The second-order valence-electron chi connectivity index (χ2n) is 4.88. The van der Waals surface area contributed by atoms with Crippen LogP contribution in [0.2, 0.25) is 0 Å². The Morgan fingerprint density at radius 3 is 2.63 bits per heavy atom. The van der Waals surface area contributed by atoms with Crippen molar-refractivity contribution < 1.29 is 14.7 Å². The van der Waals surface area contributed by atoms with Gasteiger partial charge in [0.15, 0.2) is 0 Å². The quantitative estimate of drug-likeness (QED) is 0.820. The Bertz CT molecular complexity index is 481. The van der Waals surface area contributed by atoms with Crippen molar-refractivity contribution in [3.8, 4) is 0 Å². The van der Waals surface area contributed by atoms with Gasteiger partial charge in [0.1, 0.15) is 0 Å². The maximum absolute atomic E-state index is 12.3. The number of H-pyrrole nitrogens is 1. The van der Waals surface area contributed by atoms with Crippen molar-refractivity contribution in [1.29, 1.82) is 0 Å². The Hall–Kier alpha value is -2.04. The predicted molar refractivity (Wildman–Crippen MR) is 71.9 cm³/mol. The standard InChI is InChI=1S/C14H18N2O3/c1-16(12-6-7-15-9-12)14(19)11-4-2-10(3-5-11)8-13(17)18/h6-9,11,15H,2-5H2,1H3,(H,17,18). The fourth-order valence-electron chi connectivity index (χ4n) is 2.48. The van der Waals surface area contributed by atoms with E-state index < -0.39 is 5.97 Å². The molecule has 5 heteroatoms. The van der Waals surface area contributed by atoms with Crippen LogP contribution in [0.4, 0.5) is 5.69 Å². The minimum atomic E-state index is -0.899. The molecule has 1 saturated carbocycles. The number of aromatic amines is 1. The molecular weight excluding hydrogens is 244 g/mol. The van der Waals surface area contributed by atoms with Crippen LogP contribution < -0.4 is 4.90 Å². The van der Waals surface area contributed by atoms with Gasteiger partial charge < -0.3 is 15.0 Å². The Morgan fingerprint density at radius 2 is 2.11 bits per heavy atom. The number of anilines is 1. The van der Waals surface area contributed by atoms with Gasteiger partial charge in [-0.3, -0.25) is 4.79 Å². The number of carboxylic acid groups (broad SMARTS) is 1. The highest BCUT2D eigenvalue weighted by Crippen LogP contribution is 2.30. The van der Waals surface area contributed by atoms with E-state index in [0.717, 1.165) is 24.1 Å². The van der Waals surface area contributed by atoms with E-state index in [1.807, 2.05) is 6.07 Å². The van der Waals surface area contributed by atoms with Crippen LogP contribution >= 0.6 is 0 Å². The van der Waals surface area contributed by atoms with Crippen LogP contribution in [0.1, 0.15) is 25.7 Å². The van der Waals surface area contributed by atoms with Crippen molar-refractivity contribution in [3.05, 3.63) is 30.1 Å². The van der Waals surface area contributed by atoms with Gasteiger partial charge in [-0.1, -0.05) is 5.57 Å². The summed E-state index contributed by atoms with van der Waals surface area (Å²) in [5.41, 5.74) is 1.79. The number of rotatable bonds is 3. The van der Waals surface area contributed by atoms with Gasteiger partial charge in [0.25, 0.3) is 0 Å². The molecule has 1 amide bonds. The van der Waals surface area contributed by atoms with Crippen LogP contribution in [-0.2, 0) is 9.59 Å². The first-order chi connectivity index (χ1) is 9.08. The zero-order chi connectivity index (χ0) is 13.8. The lowest BCUT2D eigenvalue weighted by molar-refractivity contribution is -0.131. The average Bonchev–Trinajstić information content (AvgIpc) is 2.91. The van der Waals surface area contributed by atoms with Gasteiger partial charge in [-0.2, -0.15) is 0 Å². The molecule has 0 spiro atoms. The number of carboxylic acids is 1. The molecule has 1 heterocycles. The number of allylic oxidation sites excluding steroid dienone is 1. The summed E-state index contributed by atoms with van der Waals surface area (Å²) in [6.45, 7) is 0. The van der Waals surface area contributed by atoms with Gasteiger partial charge >= 0.3 is 5.97 Å². The van der Waals surface area contributed by atoms with Crippen LogP contribution in [0.3, 0.4) is 0 Å². The Labute approximate surface area is 111 Å². The summed E-state index contributed by atoms with van der Waals surface area (Å²) in [5, 5.41) is 8.70. The van der Waals surface area contributed by atoms with Crippen LogP contribution in [-0.4, -0.2) is 29.0 Å². The predicted octanol–water partition coefficient (Wildman–Crippen LogP) is 2.18. The van der Waals surface area contributed by atoms with E-state index in [1.165, 1.54) is 6.08 Å². The summed E-state index contributed by atoms with van der Waals surface area (Å²) in [7, 11) is 1.77. The highest BCUT2D eigenvalue weighted by Gasteiger charge is 2.26. The first-order valence-corrected chi connectivity index (χ1v) is 6.40. The molecule has 2 N–H and O–H groups in total. The number of aromatic nitrogens is 1. The number of carbonyl (C=O) groups excluding carboxylic acids is 1. The molecule has 1 fully saturated rings. The van der Waals surface area contributed by atoms with Gasteiger partial charge in [0, 0.05) is 31.4 Å². The van der Waals surface area contributed by atoms with Crippen molar-refractivity contribution in [2.75, 3.05) is 11.9 Å². The smallest absolute Gasteiger partial charge is 0.328 e. The normalized spacial score (nSPS) is 19.0. The second kappa shape index (κ2) is 5.73. The number of nitrogens with one attached hydrogen (secondary N) is 1. The summed E-state index contributed by atoms with van der Waals surface area (Å²) in [4.78, 5) is 27.5. The molecular formula is C14H18N2O3. The first kappa shape index (κ1) is 13.4. The molecule has 0 atom stereocenters. The minimum absolute atomic E-state index is 0.00848. The van der Waals surface area contributed by atoms with E-state index in [2.05, 4.69) is 4.98 Å². The van der Waals surface area contributed by atoms with E-state index in [9.17, 15) is 9.59 Å². The molecule has 2 rings (SSSR count). The van der Waals surface area contributed by atoms with Crippen LogP contribution in [0.25, 0.3) is 0 Å². The average molecular weight is 262 g/mol. The summed E-state index contributed by atoms with van der Waals surface area (Å²) >= 11 is 0. The third-order valence-corrected chi connectivity index (χ3v) is 3.60. The third-order valence-electron chi connectivity index (χ3n) is 3.60. The molecule has 0 aromatic carbocycles. The molecule has 0 radical (unpaired) electrons. The van der Waals surface area contributed by atoms with E-state index in [1.54, 1.807) is 24.3 Å². The Balaban J connectivity index is 1.94. The van der Waals surface area contributed by atoms with Crippen molar-refractivity contribution in [2.45, 2.75) is 25.7 Å².